The van der Waals surface area contributed by atoms with Crippen LogP contribution in [0.4, 0.5) is 8.78 Å². The molecule has 2 heterocycles. The minimum Gasteiger partial charge on any atom is -0.376 e. The number of Topliss-reactive ketones (excluding diaryl/α,β-unsaturated/α-hetero) is 2. The summed E-state index contributed by atoms with van der Waals surface area (Å²) in [6.45, 7) is 0.775. The smallest absolute Gasteiger partial charge is 0.245 e. The fourth-order valence-electron chi connectivity index (χ4n) is 4.55. The van der Waals surface area contributed by atoms with Crippen LogP contribution in [-0.4, -0.2) is 64.1 Å². The van der Waals surface area contributed by atoms with Crippen molar-refractivity contribution in [3.8, 4) is 0 Å². The van der Waals surface area contributed by atoms with Gasteiger partial charge in [-0.1, -0.05) is 41.9 Å². The molecular formula is C25H24ClF2N3O4. The van der Waals surface area contributed by atoms with Gasteiger partial charge in [0.25, 0.3) is 0 Å². The molecule has 0 saturated carbocycles. The number of benzene rings is 2. The quantitative estimate of drug-likeness (QED) is 0.437. The van der Waals surface area contributed by atoms with E-state index in [1.165, 1.54) is 30.8 Å². The van der Waals surface area contributed by atoms with Crippen molar-refractivity contribution in [2.45, 2.75) is 44.6 Å². The first-order chi connectivity index (χ1) is 16.7. The maximum absolute atomic E-state index is 14.8. The Morgan fingerprint density at radius 1 is 1.17 bits per heavy atom. The Morgan fingerprint density at radius 3 is 2.63 bits per heavy atom. The van der Waals surface area contributed by atoms with Gasteiger partial charge in [0, 0.05) is 25.8 Å². The molecule has 4 rings (SSSR count). The van der Waals surface area contributed by atoms with Crippen LogP contribution in [0, 0.1) is 5.82 Å². The number of nitrogens with zero attached hydrogens (tertiary/aromatic N) is 3. The molecule has 0 bridgehead atoms. The van der Waals surface area contributed by atoms with Gasteiger partial charge in [0.05, 0.1) is 17.1 Å². The fourth-order valence-corrected chi connectivity index (χ4v) is 4.74. The van der Waals surface area contributed by atoms with E-state index < -0.39 is 35.8 Å². The van der Waals surface area contributed by atoms with Gasteiger partial charge in [0.2, 0.25) is 5.91 Å². The number of carbonyl (C=O) groups is 3. The molecule has 1 aliphatic heterocycles. The molecule has 0 spiro atoms. The Balaban J connectivity index is 1.56. The topological polar surface area (TPSA) is 81.5 Å². The van der Waals surface area contributed by atoms with Gasteiger partial charge < -0.3 is 9.64 Å². The van der Waals surface area contributed by atoms with E-state index in [4.69, 9.17) is 16.3 Å². The van der Waals surface area contributed by atoms with Crippen LogP contribution in [0.5, 0.6) is 0 Å². The normalized spacial score (nSPS) is 19.9. The summed E-state index contributed by atoms with van der Waals surface area (Å²) >= 11 is 5.81. The number of likely N-dealkylation sites (tertiary alicyclic amines) is 1. The summed E-state index contributed by atoms with van der Waals surface area (Å²) in [6.07, 6.45) is -2.79. The Kier molecular flexibility index (Phi) is 7.28. The number of rotatable bonds is 8. The van der Waals surface area contributed by atoms with Crippen LogP contribution in [0.3, 0.4) is 0 Å². The van der Waals surface area contributed by atoms with E-state index in [9.17, 15) is 23.2 Å². The largest absolute Gasteiger partial charge is 0.376 e. The highest BCUT2D eigenvalue weighted by molar-refractivity contribution is 6.30. The second kappa shape index (κ2) is 10.2. The minimum absolute atomic E-state index is 0.0446. The van der Waals surface area contributed by atoms with Crippen molar-refractivity contribution < 1.29 is 27.9 Å². The standard InChI is InChI=1S/C25H24ClF2N3O4/c1-14(32)23-16-7-3-4-9-19(16)31(29-23)13-21(34)30-12-18(27)25(35-2)24(30)20(33)11-10-15-6-5-8-17(26)22(15)28/h3-9,18,24-25H,10-13H2,1-2H3/t18-,24+,25+/m0/s1. The molecule has 1 fully saturated rings. The highest BCUT2D eigenvalue weighted by atomic mass is 35.5. The van der Waals surface area contributed by atoms with Crippen LogP contribution >= 0.6 is 11.6 Å². The van der Waals surface area contributed by atoms with Gasteiger partial charge >= 0.3 is 0 Å². The lowest BCUT2D eigenvalue weighted by Crippen LogP contribution is -2.47. The van der Waals surface area contributed by atoms with E-state index in [2.05, 4.69) is 5.10 Å². The van der Waals surface area contributed by atoms with Crippen LogP contribution in [-0.2, 0) is 27.3 Å². The van der Waals surface area contributed by atoms with Gasteiger partial charge in [-0.25, -0.2) is 8.78 Å². The Hall–Kier alpha value is -3.17. The van der Waals surface area contributed by atoms with Crippen molar-refractivity contribution in [2.24, 2.45) is 0 Å². The minimum atomic E-state index is -1.57. The number of fused-ring (bicyclic) bond motifs is 1. The summed E-state index contributed by atoms with van der Waals surface area (Å²) < 4.78 is 35.6. The SMILES string of the molecule is CO[C@H]1[C@@H](C(=O)CCc2cccc(Cl)c2F)N(C(=O)Cn2nc(C(C)=O)c3ccccc32)C[C@@H]1F. The van der Waals surface area contributed by atoms with Crippen LogP contribution in [0.2, 0.25) is 5.02 Å². The van der Waals surface area contributed by atoms with Crippen LogP contribution in [0.1, 0.15) is 29.4 Å². The van der Waals surface area contributed by atoms with E-state index in [0.29, 0.717) is 10.9 Å². The first kappa shape index (κ1) is 24.9. The highest BCUT2D eigenvalue weighted by Gasteiger charge is 2.48. The molecule has 1 aromatic heterocycles. The van der Waals surface area contributed by atoms with Crippen LogP contribution < -0.4 is 0 Å². The molecule has 1 saturated heterocycles. The summed E-state index contributed by atoms with van der Waals surface area (Å²) in [5, 5.41) is 4.83. The number of para-hydroxylation sites is 1. The van der Waals surface area contributed by atoms with Crippen molar-refractivity contribution in [1.29, 1.82) is 0 Å². The Labute approximate surface area is 205 Å². The first-order valence-electron chi connectivity index (χ1n) is 11.1. The highest BCUT2D eigenvalue weighted by Crippen LogP contribution is 2.28. The number of amides is 1. The van der Waals surface area contributed by atoms with Gasteiger partial charge in [0.15, 0.2) is 11.6 Å². The average Bonchev–Trinajstić information content (AvgIpc) is 3.37. The molecule has 35 heavy (non-hydrogen) atoms. The van der Waals surface area contributed by atoms with Crippen LogP contribution in [0.15, 0.2) is 42.5 Å². The number of hydrogen-bond donors (Lipinski definition) is 0. The van der Waals surface area contributed by atoms with E-state index in [1.807, 2.05) is 0 Å². The third-order valence-corrected chi connectivity index (χ3v) is 6.54. The van der Waals surface area contributed by atoms with E-state index in [-0.39, 0.29) is 48.0 Å². The molecule has 2 aromatic carbocycles. The van der Waals surface area contributed by atoms with Crippen molar-refractivity contribution in [3.05, 3.63) is 64.6 Å². The summed E-state index contributed by atoms with van der Waals surface area (Å²) in [4.78, 5) is 39.6. The number of halogens is 3. The zero-order chi connectivity index (χ0) is 25.3. The number of ketones is 2. The van der Waals surface area contributed by atoms with E-state index >= 15 is 0 Å². The molecule has 0 aliphatic carbocycles. The number of aryl methyl sites for hydroxylation is 1. The van der Waals surface area contributed by atoms with E-state index in [0.717, 1.165) is 4.90 Å². The fraction of sp³-hybridized carbons (Fsp3) is 0.360. The number of hydrogen-bond acceptors (Lipinski definition) is 5. The number of carbonyl (C=O) groups excluding carboxylic acids is 3. The summed E-state index contributed by atoms with van der Waals surface area (Å²) in [6, 6.07) is 10.3. The van der Waals surface area contributed by atoms with Gasteiger partial charge in [0.1, 0.15) is 36.4 Å². The monoisotopic (exact) mass is 503 g/mol. The number of ether oxygens (including phenoxy) is 1. The predicted molar refractivity (Wildman–Crippen MR) is 126 cm³/mol. The van der Waals surface area contributed by atoms with E-state index in [1.54, 1.807) is 30.3 Å². The lowest BCUT2D eigenvalue weighted by molar-refractivity contribution is -0.140. The number of aromatic nitrogens is 2. The van der Waals surface area contributed by atoms with Gasteiger partial charge in [-0.3, -0.25) is 19.1 Å². The summed E-state index contributed by atoms with van der Waals surface area (Å²) in [7, 11) is 1.28. The maximum atomic E-state index is 14.8. The third kappa shape index (κ3) is 4.83. The number of methoxy groups -OCH3 is 1. The van der Waals surface area contributed by atoms with Crippen LogP contribution in [0.25, 0.3) is 10.9 Å². The molecule has 1 aliphatic rings. The third-order valence-electron chi connectivity index (χ3n) is 6.25. The Bertz CT molecular complexity index is 1290. The molecule has 0 radical (unpaired) electrons. The molecule has 1 amide bonds. The maximum Gasteiger partial charge on any atom is 0.245 e. The lowest BCUT2D eigenvalue weighted by Gasteiger charge is -2.26. The molecule has 184 valence electrons. The zero-order valence-electron chi connectivity index (χ0n) is 19.2. The second-order valence-corrected chi connectivity index (χ2v) is 8.87. The summed E-state index contributed by atoms with van der Waals surface area (Å²) in [5.74, 6) is -1.85. The van der Waals surface area contributed by atoms with Gasteiger partial charge in [-0.05, 0) is 24.1 Å². The van der Waals surface area contributed by atoms with Crippen molar-refractivity contribution in [3.63, 3.8) is 0 Å². The van der Waals surface area contributed by atoms with Gasteiger partial charge in [-0.2, -0.15) is 5.10 Å². The predicted octanol–water partition coefficient (Wildman–Crippen LogP) is 3.80. The zero-order valence-corrected chi connectivity index (χ0v) is 20.0. The van der Waals surface area contributed by atoms with Crippen molar-refractivity contribution in [2.75, 3.05) is 13.7 Å². The average molecular weight is 504 g/mol. The second-order valence-electron chi connectivity index (χ2n) is 8.47. The molecule has 10 heteroatoms. The molecule has 3 atom stereocenters. The molecular weight excluding hydrogens is 480 g/mol. The Morgan fingerprint density at radius 2 is 1.91 bits per heavy atom. The molecule has 0 N–H and O–H groups in total. The first-order valence-corrected chi connectivity index (χ1v) is 11.5. The molecule has 3 aromatic rings. The van der Waals surface area contributed by atoms with Crippen molar-refractivity contribution in [1.82, 2.24) is 14.7 Å². The lowest BCUT2D eigenvalue weighted by atomic mass is 9.99. The van der Waals surface area contributed by atoms with Gasteiger partial charge in [-0.15, -0.1) is 0 Å². The summed E-state index contributed by atoms with van der Waals surface area (Å²) in [5.41, 5.74) is 1.06. The molecule has 0 unspecified atom stereocenters. The number of alkyl halides is 1. The van der Waals surface area contributed by atoms with Crippen molar-refractivity contribution >= 4 is 40.0 Å². The molecule has 7 nitrogen and oxygen atoms in total.